The van der Waals surface area contributed by atoms with Crippen molar-refractivity contribution >= 4 is 17.9 Å². The highest BCUT2D eigenvalue weighted by Gasteiger charge is 2.24. The Kier molecular flexibility index (Phi) is 6.87. The summed E-state index contributed by atoms with van der Waals surface area (Å²) < 4.78 is 5.38. The fraction of sp³-hybridized carbons (Fsp3) is 0.231. The van der Waals surface area contributed by atoms with E-state index in [4.69, 9.17) is 4.74 Å². The smallest absolute Gasteiger partial charge is 0.268 e. The van der Waals surface area contributed by atoms with Gasteiger partial charge in [-0.3, -0.25) is 14.5 Å². The minimum atomic E-state index is -0.340. The van der Waals surface area contributed by atoms with Crippen molar-refractivity contribution in [3.63, 3.8) is 0 Å². The van der Waals surface area contributed by atoms with Crippen LogP contribution >= 0.6 is 0 Å². The van der Waals surface area contributed by atoms with E-state index in [0.717, 1.165) is 28.0 Å². The SMILES string of the molecule is COc1cc(/C=C/C(=O)N2CCC=C(C#CCc3ccccc3)C2=O)cc(C)c1C. The molecule has 0 aliphatic carbocycles. The van der Waals surface area contributed by atoms with Gasteiger partial charge in [0.25, 0.3) is 11.8 Å². The lowest BCUT2D eigenvalue weighted by molar-refractivity contribution is -0.139. The minimum Gasteiger partial charge on any atom is -0.496 e. The van der Waals surface area contributed by atoms with Gasteiger partial charge in [-0.05, 0) is 54.7 Å². The minimum absolute atomic E-state index is 0.339. The molecular weight excluding hydrogens is 374 g/mol. The van der Waals surface area contributed by atoms with Crippen LogP contribution in [0.1, 0.15) is 28.7 Å². The molecule has 2 amide bonds. The van der Waals surface area contributed by atoms with Crippen LogP contribution in [0.2, 0.25) is 0 Å². The van der Waals surface area contributed by atoms with E-state index in [-0.39, 0.29) is 11.8 Å². The first-order valence-corrected chi connectivity index (χ1v) is 9.91. The number of ether oxygens (including phenoxy) is 1. The van der Waals surface area contributed by atoms with Crippen LogP contribution in [0.3, 0.4) is 0 Å². The maximum atomic E-state index is 12.7. The summed E-state index contributed by atoms with van der Waals surface area (Å²) in [5.41, 5.74) is 4.47. The Bertz CT molecular complexity index is 1070. The van der Waals surface area contributed by atoms with Crippen molar-refractivity contribution < 1.29 is 14.3 Å². The second-order valence-corrected chi connectivity index (χ2v) is 7.16. The molecule has 30 heavy (non-hydrogen) atoms. The molecule has 3 rings (SSSR count). The van der Waals surface area contributed by atoms with Gasteiger partial charge in [-0.1, -0.05) is 54.3 Å². The van der Waals surface area contributed by atoms with Crippen LogP contribution in [0.25, 0.3) is 6.08 Å². The fourth-order valence-electron chi connectivity index (χ4n) is 3.24. The maximum Gasteiger partial charge on any atom is 0.268 e. The summed E-state index contributed by atoms with van der Waals surface area (Å²) in [6.45, 7) is 4.35. The molecule has 152 valence electrons. The standard InChI is InChI=1S/C26H25NO3/c1-19-17-22(18-24(30-3)20(19)2)14-15-25(28)27-16-8-13-23(26(27)29)12-7-11-21-9-5-4-6-10-21/h4-6,9-10,13-15,17-18H,8,11,16H2,1-3H3/b15-14+. The molecule has 0 atom stereocenters. The Balaban J connectivity index is 1.69. The maximum absolute atomic E-state index is 12.7. The van der Waals surface area contributed by atoms with E-state index in [1.165, 1.54) is 11.0 Å². The van der Waals surface area contributed by atoms with Crippen LogP contribution < -0.4 is 4.74 Å². The second-order valence-electron chi connectivity index (χ2n) is 7.16. The van der Waals surface area contributed by atoms with Gasteiger partial charge in [0.2, 0.25) is 0 Å². The molecule has 4 nitrogen and oxygen atoms in total. The summed E-state index contributed by atoms with van der Waals surface area (Å²) >= 11 is 0. The van der Waals surface area contributed by atoms with Crippen molar-refractivity contribution in [1.29, 1.82) is 0 Å². The molecule has 2 aromatic rings. The molecule has 0 spiro atoms. The highest BCUT2D eigenvalue weighted by molar-refractivity contribution is 6.11. The molecule has 1 aliphatic rings. The van der Waals surface area contributed by atoms with E-state index in [9.17, 15) is 9.59 Å². The van der Waals surface area contributed by atoms with Crippen LogP contribution in [0.4, 0.5) is 0 Å². The molecule has 4 heteroatoms. The summed E-state index contributed by atoms with van der Waals surface area (Å²) in [4.78, 5) is 26.6. The van der Waals surface area contributed by atoms with Crippen molar-refractivity contribution in [2.75, 3.05) is 13.7 Å². The number of carbonyl (C=O) groups excluding carboxylic acids is 2. The van der Waals surface area contributed by atoms with E-state index < -0.39 is 0 Å². The predicted molar refractivity (Wildman–Crippen MR) is 119 cm³/mol. The lowest BCUT2D eigenvalue weighted by Crippen LogP contribution is -2.39. The van der Waals surface area contributed by atoms with Crippen molar-refractivity contribution in [1.82, 2.24) is 4.90 Å². The number of nitrogens with zero attached hydrogens (tertiary/aromatic N) is 1. The molecule has 1 heterocycles. The third-order valence-corrected chi connectivity index (χ3v) is 5.08. The van der Waals surface area contributed by atoms with Crippen molar-refractivity contribution in [2.24, 2.45) is 0 Å². The van der Waals surface area contributed by atoms with Crippen molar-refractivity contribution in [2.45, 2.75) is 26.7 Å². The molecule has 2 aromatic carbocycles. The van der Waals surface area contributed by atoms with Gasteiger partial charge in [0.05, 0.1) is 12.7 Å². The average Bonchev–Trinajstić information content (AvgIpc) is 2.76. The zero-order valence-electron chi connectivity index (χ0n) is 17.6. The molecule has 0 aromatic heterocycles. The largest absolute Gasteiger partial charge is 0.496 e. The number of carbonyl (C=O) groups is 2. The quantitative estimate of drug-likeness (QED) is 0.570. The summed E-state index contributed by atoms with van der Waals surface area (Å²) in [6.07, 6.45) is 6.12. The zero-order valence-corrected chi connectivity index (χ0v) is 17.6. The van der Waals surface area contributed by atoms with Crippen LogP contribution in [-0.4, -0.2) is 30.4 Å². The van der Waals surface area contributed by atoms with Gasteiger partial charge >= 0.3 is 0 Å². The van der Waals surface area contributed by atoms with Gasteiger partial charge in [-0.25, -0.2) is 0 Å². The Labute approximate surface area is 177 Å². The number of aryl methyl sites for hydroxylation is 1. The Morgan fingerprint density at radius 2 is 1.97 bits per heavy atom. The van der Waals surface area contributed by atoms with E-state index >= 15 is 0 Å². The van der Waals surface area contributed by atoms with Gasteiger partial charge in [0.1, 0.15) is 5.75 Å². The fourth-order valence-corrected chi connectivity index (χ4v) is 3.24. The van der Waals surface area contributed by atoms with Crippen molar-refractivity contribution in [3.05, 3.63) is 82.4 Å². The first-order chi connectivity index (χ1) is 14.5. The number of hydrogen-bond acceptors (Lipinski definition) is 3. The molecule has 0 fully saturated rings. The molecule has 0 saturated carbocycles. The molecular formula is C26H25NO3. The highest BCUT2D eigenvalue weighted by Crippen LogP contribution is 2.24. The summed E-state index contributed by atoms with van der Waals surface area (Å²) in [5, 5.41) is 0. The molecule has 0 radical (unpaired) electrons. The highest BCUT2D eigenvalue weighted by atomic mass is 16.5. The zero-order chi connectivity index (χ0) is 21.5. The Hall–Kier alpha value is -3.58. The van der Waals surface area contributed by atoms with Gasteiger partial charge in [-0.15, -0.1) is 0 Å². The molecule has 0 bridgehead atoms. The third-order valence-electron chi connectivity index (χ3n) is 5.08. The number of rotatable bonds is 4. The van der Waals surface area contributed by atoms with Crippen LogP contribution in [0.5, 0.6) is 5.75 Å². The first kappa shape index (κ1) is 21.1. The summed E-state index contributed by atoms with van der Waals surface area (Å²) in [7, 11) is 1.62. The first-order valence-electron chi connectivity index (χ1n) is 9.91. The Morgan fingerprint density at radius 3 is 2.70 bits per heavy atom. The van der Waals surface area contributed by atoms with Gasteiger partial charge in [0, 0.05) is 19.0 Å². The molecule has 1 aliphatic heterocycles. The van der Waals surface area contributed by atoms with Crippen LogP contribution in [0, 0.1) is 25.7 Å². The lowest BCUT2D eigenvalue weighted by atomic mass is 10.0. The van der Waals surface area contributed by atoms with E-state index in [1.807, 2.05) is 62.4 Å². The number of hydrogen-bond donors (Lipinski definition) is 0. The topological polar surface area (TPSA) is 46.6 Å². The lowest BCUT2D eigenvalue weighted by Gasteiger charge is -2.22. The molecule has 0 saturated heterocycles. The van der Waals surface area contributed by atoms with Gasteiger partial charge in [0.15, 0.2) is 0 Å². The van der Waals surface area contributed by atoms with E-state index in [0.29, 0.717) is 25.0 Å². The Morgan fingerprint density at radius 1 is 1.20 bits per heavy atom. The predicted octanol–water partition coefficient (Wildman–Crippen LogP) is 4.26. The monoisotopic (exact) mass is 399 g/mol. The number of amides is 2. The van der Waals surface area contributed by atoms with Gasteiger partial charge in [-0.2, -0.15) is 0 Å². The summed E-state index contributed by atoms with van der Waals surface area (Å²) in [5.74, 6) is 6.06. The van der Waals surface area contributed by atoms with Gasteiger partial charge < -0.3 is 4.74 Å². The number of benzene rings is 2. The van der Waals surface area contributed by atoms with E-state index in [1.54, 1.807) is 13.2 Å². The van der Waals surface area contributed by atoms with Crippen LogP contribution in [-0.2, 0) is 16.0 Å². The molecule has 0 unspecified atom stereocenters. The number of imide groups is 1. The number of methoxy groups -OCH3 is 1. The normalized spacial score (nSPS) is 13.6. The second kappa shape index (κ2) is 9.76. The average molecular weight is 399 g/mol. The molecule has 0 N–H and O–H groups in total. The third kappa shape index (κ3) is 5.07. The van der Waals surface area contributed by atoms with Crippen LogP contribution in [0.15, 0.2) is 60.2 Å². The van der Waals surface area contributed by atoms with Crippen molar-refractivity contribution in [3.8, 4) is 17.6 Å². The van der Waals surface area contributed by atoms with E-state index in [2.05, 4.69) is 11.8 Å². The summed E-state index contributed by atoms with van der Waals surface area (Å²) in [6, 6.07) is 13.7.